The summed E-state index contributed by atoms with van der Waals surface area (Å²) >= 11 is 0. The van der Waals surface area contributed by atoms with E-state index in [-0.39, 0.29) is 23.9 Å². The van der Waals surface area contributed by atoms with Crippen molar-refractivity contribution in [3.05, 3.63) is 103 Å². The molecule has 0 spiro atoms. The van der Waals surface area contributed by atoms with E-state index < -0.39 is 10.0 Å². The molecule has 1 amide bonds. The van der Waals surface area contributed by atoms with Crippen molar-refractivity contribution in [1.29, 1.82) is 0 Å². The Bertz CT molecular complexity index is 1360. The van der Waals surface area contributed by atoms with Crippen LogP contribution in [0.3, 0.4) is 0 Å². The second-order valence-corrected chi connectivity index (χ2v) is 10.0. The number of para-hydroxylation sites is 1. The Labute approximate surface area is 199 Å². The van der Waals surface area contributed by atoms with E-state index in [0.717, 1.165) is 26.8 Å². The van der Waals surface area contributed by atoms with E-state index in [1.807, 2.05) is 66.9 Å². The lowest BCUT2D eigenvalue weighted by Gasteiger charge is -2.22. The van der Waals surface area contributed by atoms with E-state index >= 15 is 0 Å². The van der Waals surface area contributed by atoms with Gasteiger partial charge in [-0.15, -0.1) is 0 Å². The molecule has 0 fully saturated rings. The summed E-state index contributed by atoms with van der Waals surface area (Å²) in [6, 6.07) is 27.6. The predicted octanol–water partition coefficient (Wildman–Crippen LogP) is 3.82. The van der Waals surface area contributed by atoms with Crippen LogP contribution in [0.2, 0.25) is 0 Å². The maximum atomic E-state index is 13.0. The first-order chi connectivity index (χ1) is 16.4. The highest BCUT2D eigenvalue weighted by Crippen LogP contribution is 2.25. The quantitative estimate of drug-likeness (QED) is 0.389. The fourth-order valence-electron chi connectivity index (χ4n) is 3.59. The van der Waals surface area contributed by atoms with Crippen LogP contribution in [-0.4, -0.2) is 54.0 Å². The van der Waals surface area contributed by atoms with Crippen molar-refractivity contribution in [2.24, 2.45) is 0 Å². The number of hydrogen-bond acceptors (Lipinski definition) is 4. The van der Waals surface area contributed by atoms with Gasteiger partial charge in [-0.1, -0.05) is 66.7 Å². The van der Waals surface area contributed by atoms with Crippen LogP contribution in [0.5, 0.6) is 0 Å². The maximum Gasteiger partial charge on any atom is 0.243 e. The van der Waals surface area contributed by atoms with E-state index in [1.54, 1.807) is 29.9 Å². The number of amides is 1. The van der Waals surface area contributed by atoms with Crippen LogP contribution in [0.15, 0.2) is 102 Å². The molecule has 174 valence electrons. The normalized spacial score (nSPS) is 11.5. The first-order valence-electron chi connectivity index (χ1n) is 10.8. The number of benzene rings is 3. The molecule has 8 heteroatoms. The van der Waals surface area contributed by atoms with Crippen LogP contribution in [0, 0.1) is 0 Å². The van der Waals surface area contributed by atoms with E-state index in [0.29, 0.717) is 0 Å². The van der Waals surface area contributed by atoms with Gasteiger partial charge in [0.25, 0.3) is 0 Å². The second kappa shape index (κ2) is 10.0. The zero-order chi connectivity index (χ0) is 24.1. The highest BCUT2D eigenvalue weighted by Gasteiger charge is 2.25. The minimum Gasteiger partial charge on any atom is -0.340 e. The van der Waals surface area contributed by atoms with Crippen LogP contribution in [-0.2, 0) is 21.4 Å². The Morgan fingerprint density at radius 2 is 1.41 bits per heavy atom. The summed E-state index contributed by atoms with van der Waals surface area (Å²) in [5.41, 5.74) is 3.49. The van der Waals surface area contributed by atoms with Crippen molar-refractivity contribution in [2.75, 3.05) is 20.6 Å². The van der Waals surface area contributed by atoms with E-state index in [1.165, 1.54) is 24.1 Å². The minimum atomic E-state index is -3.75. The lowest BCUT2D eigenvalue weighted by atomic mass is 10.1. The van der Waals surface area contributed by atoms with Crippen LogP contribution < -0.4 is 0 Å². The molecule has 34 heavy (non-hydrogen) atoms. The van der Waals surface area contributed by atoms with Crippen molar-refractivity contribution in [2.45, 2.75) is 11.4 Å². The Hall–Kier alpha value is -3.75. The summed E-state index contributed by atoms with van der Waals surface area (Å²) in [4.78, 5) is 14.6. The summed E-state index contributed by atoms with van der Waals surface area (Å²) in [5.74, 6) is -0.312. The third-order valence-corrected chi connectivity index (χ3v) is 7.32. The molecule has 3 aromatic carbocycles. The van der Waals surface area contributed by atoms with Gasteiger partial charge in [0.1, 0.15) is 0 Å². The number of hydrogen-bond donors (Lipinski definition) is 0. The average molecular weight is 475 g/mol. The van der Waals surface area contributed by atoms with Gasteiger partial charge in [-0.3, -0.25) is 4.79 Å². The monoisotopic (exact) mass is 474 g/mol. The molecule has 7 nitrogen and oxygen atoms in total. The maximum absolute atomic E-state index is 13.0. The van der Waals surface area contributed by atoms with Crippen LogP contribution >= 0.6 is 0 Å². The van der Waals surface area contributed by atoms with E-state index in [4.69, 9.17) is 5.10 Å². The third kappa shape index (κ3) is 5.08. The second-order valence-electron chi connectivity index (χ2n) is 7.97. The minimum absolute atomic E-state index is 0.156. The van der Waals surface area contributed by atoms with E-state index in [9.17, 15) is 13.2 Å². The summed E-state index contributed by atoms with van der Waals surface area (Å²) in [7, 11) is -0.674. The number of likely N-dealkylation sites (N-methyl/N-ethyl adjacent to an activating group) is 2. The molecule has 0 unspecified atom stereocenters. The van der Waals surface area contributed by atoms with Gasteiger partial charge < -0.3 is 4.90 Å². The average Bonchev–Trinajstić information content (AvgIpc) is 3.29. The van der Waals surface area contributed by atoms with Gasteiger partial charge in [-0.25, -0.2) is 13.1 Å². The fourth-order valence-corrected chi connectivity index (χ4v) is 4.73. The van der Waals surface area contributed by atoms with Gasteiger partial charge in [0, 0.05) is 38.0 Å². The molecule has 0 bridgehead atoms. The van der Waals surface area contributed by atoms with Crippen LogP contribution in [0.25, 0.3) is 16.9 Å². The number of sulfonamides is 1. The van der Waals surface area contributed by atoms with Crippen LogP contribution in [0.4, 0.5) is 0 Å². The molecule has 0 radical (unpaired) electrons. The van der Waals surface area contributed by atoms with Crippen molar-refractivity contribution in [3.63, 3.8) is 0 Å². The van der Waals surface area contributed by atoms with Crippen molar-refractivity contribution >= 4 is 15.9 Å². The van der Waals surface area contributed by atoms with Gasteiger partial charge in [0.05, 0.1) is 22.8 Å². The smallest absolute Gasteiger partial charge is 0.243 e. The van der Waals surface area contributed by atoms with Gasteiger partial charge in [-0.05, 0) is 24.3 Å². The van der Waals surface area contributed by atoms with Crippen molar-refractivity contribution in [1.82, 2.24) is 19.0 Å². The lowest BCUT2D eigenvalue weighted by molar-refractivity contribution is -0.130. The van der Waals surface area contributed by atoms with Crippen molar-refractivity contribution in [3.8, 4) is 16.9 Å². The Morgan fingerprint density at radius 3 is 2.03 bits per heavy atom. The molecule has 0 atom stereocenters. The summed E-state index contributed by atoms with van der Waals surface area (Å²) in [6.45, 7) is 0.0241. The first-order valence-corrected chi connectivity index (χ1v) is 12.2. The zero-order valence-electron chi connectivity index (χ0n) is 19.1. The molecule has 1 heterocycles. The molecule has 1 aromatic heterocycles. The molecule has 0 N–H and O–H groups in total. The number of carbonyl (C=O) groups excluding carboxylic acids is 1. The van der Waals surface area contributed by atoms with Gasteiger partial charge in [0.15, 0.2) is 0 Å². The topological polar surface area (TPSA) is 75.5 Å². The first kappa shape index (κ1) is 23.4. The SMILES string of the molecule is CN(Cc1cn(-c2ccccc2)nc1-c1ccccc1)C(=O)CN(C)S(=O)(=O)c1ccccc1. The molecular weight excluding hydrogens is 448 g/mol. The predicted molar refractivity (Wildman–Crippen MR) is 132 cm³/mol. The fraction of sp³-hybridized carbons (Fsp3) is 0.154. The number of carbonyl (C=O) groups is 1. The summed E-state index contributed by atoms with van der Waals surface area (Å²) in [6.07, 6.45) is 1.91. The molecular formula is C26H26N4O3S. The molecule has 0 aliphatic rings. The van der Waals surface area contributed by atoms with Crippen molar-refractivity contribution < 1.29 is 13.2 Å². The molecule has 4 aromatic rings. The highest BCUT2D eigenvalue weighted by molar-refractivity contribution is 7.89. The van der Waals surface area contributed by atoms with Crippen LogP contribution in [0.1, 0.15) is 5.56 Å². The van der Waals surface area contributed by atoms with Gasteiger partial charge in [-0.2, -0.15) is 9.40 Å². The highest BCUT2D eigenvalue weighted by atomic mass is 32.2. The Balaban J connectivity index is 1.55. The number of rotatable bonds is 8. The molecule has 4 rings (SSSR count). The zero-order valence-corrected chi connectivity index (χ0v) is 19.9. The number of nitrogens with zero attached hydrogens (tertiary/aromatic N) is 4. The number of aromatic nitrogens is 2. The summed E-state index contributed by atoms with van der Waals surface area (Å²) in [5, 5.41) is 4.78. The van der Waals surface area contributed by atoms with E-state index in [2.05, 4.69) is 0 Å². The molecule has 0 aliphatic carbocycles. The largest absolute Gasteiger partial charge is 0.340 e. The van der Waals surface area contributed by atoms with Gasteiger partial charge in [0.2, 0.25) is 15.9 Å². The molecule has 0 saturated carbocycles. The Kier molecular flexibility index (Phi) is 6.90. The Morgan fingerprint density at radius 1 is 0.853 bits per heavy atom. The third-order valence-electron chi connectivity index (χ3n) is 5.50. The molecule has 0 saturated heterocycles. The summed E-state index contributed by atoms with van der Waals surface area (Å²) < 4.78 is 28.4. The standard InChI is InChI=1S/C26H26N4O3S/c1-28(25(31)20-29(2)34(32,33)24-16-10-5-11-17-24)18-22-19-30(23-14-8-4-9-15-23)27-26(22)21-12-6-3-7-13-21/h3-17,19H,18,20H2,1-2H3. The van der Waals surface area contributed by atoms with Gasteiger partial charge >= 0.3 is 0 Å². The molecule has 0 aliphatic heterocycles. The lowest BCUT2D eigenvalue weighted by Crippen LogP contribution is -2.39.